The van der Waals surface area contributed by atoms with E-state index in [1.165, 1.54) is 7.11 Å². The SMILES string of the molecule is COCCN1C(=O)[C@@H]2C[C@H](NC(=O)COCc3ccccc3)CN2CCS1(=O)=O. The van der Waals surface area contributed by atoms with Crippen LogP contribution in [0.4, 0.5) is 0 Å². The van der Waals surface area contributed by atoms with Crippen molar-refractivity contribution in [2.75, 3.05) is 45.7 Å². The van der Waals surface area contributed by atoms with Gasteiger partial charge in [0.1, 0.15) is 6.61 Å². The van der Waals surface area contributed by atoms with Crippen molar-refractivity contribution in [3.05, 3.63) is 35.9 Å². The maximum atomic E-state index is 12.8. The number of hydrogen-bond donors (Lipinski definition) is 1. The van der Waals surface area contributed by atoms with Crippen molar-refractivity contribution in [3.8, 4) is 0 Å². The first-order valence-electron chi connectivity index (χ1n) is 9.59. The van der Waals surface area contributed by atoms with Gasteiger partial charge in [-0.3, -0.25) is 14.5 Å². The van der Waals surface area contributed by atoms with Crippen molar-refractivity contribution >= 4 is 21.8 Å². The van der Waals surface area contributed by atoms with Gasteiger partial charge in [-0.25, -0.2) is 12.7 Å². The maximum absolute atomic E-state index is 12.8. The molecule has 2 aliphatic heterocycles. The second kappa shape index (κ2) is 9.66. The van der Waals surface area contributed by atoms with Gasteiger partial charge in [-0.2, -0.15) is 0 Å². The Balaban J connectivity index is 1.52. The lowest BCUT2D eigenvalue weighted by Crippen LogP contribution is -2.45. The van der Waals surface area contributed by atoms with E-state index in [-0.39, 0.29) is 44.0 Å². The molecular formula is C19H27N3O6S. The average Bonchev–Trinajstić information content (AvgIpc) is 3.06. The zero-order valence-electron chi connectivity index (χ0n) is 16.5. The number of benzene rings is 1. The van der Waals surface area contributed by atoms with E-state index in [2.05, 4.69) is 5.32 Å². The summed E-state index contributed by atoms with van der Waals surface area (Å²) in [5.41, 5.74) is 0.984. The third-order valence-electron chi connectivity index (χ3n) is 5.11. The molecule has 0 unspecified atom stereocenters. The highest BCUT2D eigenvalue weighted by atomic mass is 32.2. The summed E-state index contributed by atoms with van der Waals surface area (Å²) in [5, 5.41) is 2.89. The minimum Gasteiger partial charge on any atom is -0.383 e. The van der Waals surface area contributed by atoms with Crippen LogP contribution in [-0.4, -0.2) is 87.2 Å². The zero-order valence-corrected chi connectivity index (χ0v) is 17.3. The van der Waals surface area contributed by atoms with Crippen LogP contribution in [-0.2, 0) is 35.7 Å². The van der Waals surface area contributed by atoms with Gasteiger partial charge in [0.25, 0.3) is 5.91 Å². The van der Waals surface area contributed by atoms with E-state index in [0.29, 0.717) is 19.6 Å². The van der Waals surface area contributed by atoms with Crippen molar-refractivity contribution in [2.24, 2.45) is 0 Å². The molecule has 1 aromatic carbocycles. The van der Waals surface area contributed by atoms with Gasteiger partial charge in [-0.15, -0.1) is 0 Å². The second-order valence-electron chi connectivity index (χ2n) is 7.21. The first kappa shape index (κ1) is 21.7. The highest BCUT2D eigenvalue weighted by molar-refractivity contribution is 7.89. The maximum Gasteiger partial charge on any atom is 0.253 e. The number of fused-ring (bicyclic) bond motifs is 1. The fourth-order valence-corrected chi connectivity index (χ4v) is 5.12. The minimum absolute atomic E-state index is 0.00631. The molecule has 3 rings (SSSR count). The summed E-state index contributed by atoms with van der Waals surface area (Å²) in [6.45, 7) is 1.13. The number of nitrogens with one attached hydrogen (secondary N) is 1. The standard InChI is InChI=1S/C19H27N3O6S/c1-27-9-7-22-19(24)17-11-16(12-21(17)8-10-29(22,25)26)20-18(23)14-28-13-15-5-3-2-4-6-15/h2-6,16-17H,7-14H2,1H3,(H,20,23)/t16-,17-/m0/s1. The lowest BCUT2D eigenvalue weighted by atomic mass is 10.1. The minimum atomic E-state index is -3.65. The smallest absolute Gasteiger partial charge is 0.253 e. The first-order chi connectivity index (χ1) is 13.9. The van der Waals surface area contributed by atoms with Gasteiger partial charge in [0.15, 0.2) is 0 Å². The molecule has 1 N–H and O–H groups in total. The lowest BCUT2D eigenvalue weighted by molar-refractivity contribution is -0.131. The molecule has 0 bridgehead atoms. The van der Waals surface area contributed by atoms with Gasteiger partial charge in [0.05, 0.1) is 31.6 Å². The molecule has 160 valence electrons. The molecule has 2 fully saturated rings. The zero-order chi connectivity index (χ0) is 20.9. The Hall–Kier alpha value is -2.01. The molecule has 2 saturated heterocycles. The average molecular weight is 426 g/mol. The van der Waals surface area contributed by atoms with Crippen LogP contribution < -0.4 is 5.32 Å². The molecular weight excluding hydrogens is 398 g/mol. The number of carbonyl (C=O) groups excluding carboxylic acids is 2. The van der Waals surface area contributed by atoms with Crippen LogP contribution in [0.2, 0.25) is 0 Å². The molecule has 0 aromatic heterocycles. The van der Waals surface area contributed by atoms with Gasteiger partial charge in [0, 0.05) is 26.2 Å². The van der Waals surface area contributed by atoms with E-state index < -0.39 is 22.0 Å². The fourth-order valence-electron chi connectivity index (χ4n) is 3.69. The second-order valence-corrected chi connectivity index (χ2v) is 9.22. The lowest BCUT2D eigenvalue weighted by Gasteiger charge is -2.23. The van der Waals surface area contributed by atoms with Crippen LogP contribution in [0.25, 0.3) is 0 Å². The van der Waals surface area contributed by atoms with Crippen molar-refractivity contribution in [2.45, 2.75) is 25.1 Å². The highest BCUT2D eigenvalue weighted by Crippen LogP contribution is 2.24. The van der Waals surface area contributed by atoms with Crippen LogP contribution >= 0.6 is 0 Å². The van der Waals surface area contributed by atoms with E-state index >= 15 is 0 Å². The highest BCUT2D eigenvalue weighted by Gasteiger charge is 2.45. The predicted molar refractivity (Wildman–Crippen MR) is 105 cm³/mol. The molecule has 2 aliphatic rings. The first-order valence-corrected chi connectivity index (χ1v) is 11.2. The van der Waals surface area contributed by atoms with Crippen LogP contribution in [0.1, 0.15) is 12.0 Å². The number of amides is 2. The van der Waals surface area contributed by atoms with Crippen molar-refractivity contribution < 1.29 is 27.5 Å². The Kier molecular flexibility index (Phi) is 7.23. The monoisotopic (exact) mass is 425 g/mol. The molecule has 2 amide bonds. The molecule has 0 radical (unpaired) electrons. The Bertz CT molecular complexity index is 816. The fraction of sp³-hybridized carbons (Fsp3) is 0.579. The molecule has 1 aromatic rings. The van der Waals surface area contributed by atoms with Gasteiger partial charge in [-0.1, -0.05) is 30.3 Å². The summed E-state index contributed by atoms with van der Waals surface area (Å²) in [4.78, 5) is 26.8. The molecule has 29 heavy (non-hydrogen) atoms. The van der Waals surface area contributed by atoms with E-state index in [4.69, 9.17) is 9.47 Å². The number of carbonyl (C=O) groups is 2. The molecule has 0 aliphatic carbocycles. The summed E-state index contributed by atoms with van der Waals surface area (Å²) in [6.07, 6.45) is 0.377. The normalized spacial score (nSPS) is 24.2. The third kappa shape index (κ3) is 5.53. The Morgan fingerprint density at radius 2 is 2.03 bits per heavy atom. The van der Waals surface area contributed by atoms with Crippen molar-refractivity contribution in [1.82, 2.24) is 14.5 Å². The van der Waals surface area contributed by atoms with E-state index in [0.717, 1.165) is 9.87 Å². The Morgan fingerprint density at radius 1 is 1.28 bits per heavy atom. The van der Waals surface area contributed by atoms with Crippen LogP contribution in [0.5, 0.6) is 0 Å². The van der Waals surface area contributed by atoms with Crippen molar-refractivity contribution in [1.29, 1.82) is 0 Å². The number of sulfonamides is 1. The topological polar surface area (TPSA) is 105 Å². The van der Waals surface area contributed by atoms with E-state index in [9.17, 15) is 18.0 Å². The van der Waals surface area contributed by atoms with Crippen LogP contribution in [0, 0.1) is 0 Å². The number of ether oxygens (including phenoxy) is 2. The summed E-state index contributed by atoms with van der Waals surface area (Å²) in [5.74, 6) is -0.823. The van der Waals surface area contributed by atoms with Gasteiger partial charge in [0.2, 0.25) is 15.9 Å². The predicted octanol–water partition coefficient (Wildman–Crippen LogP) is -0.419. The summed E-state index contributed by atoms with van der Waals surface area (Å²) in [6, 6.07) is 8.79. The quantitative estimate of drug-likeness (QED) is 0.603. The summed E-state index contributed by atoms with van der Waals surface area (Å²) < 4.78 is 36.1. The van der Waals surface area contributed by atoms with Crippen LogP contribution in [0.15, 0.2) is 30.3 Å². The molecule has 2 atom stereocenters. The molecule has 10 heteroatoms. The van der Waals surface area contributed by atoms with Gasteiger partial charge >= 0.3 is 0 Å². The molecule has 2 heterocycles. The number of rotatable bonds is 8. The summed E-state index contributed by atoms with van der Waals surface area (Å²) >= 11 is 0. The molecule has 0 saturated carbocycles. The van der Waals surface area contributed by atoms with E-state index in [1.54, 1.807) is 0 Å². The van der Waals surface area contributed by atoms with Crippen molar-refractivity contribution in [3.63, 3.8) is 0 Å². The molecule has 0 spiro atoms. The Labute approximate surface area is 171 Å². The van der Waals surface area contributed by atoms with Gasteiger partial charge < -0.3 is 14.8 Å². The number of hydrogen-bond acceptors (Lipinski definition) is 7. The molecule has 9 nitrogen and oxygen atoms in total. The third-order valence-corrected chi connectivity index (χ3v) is 6.85. The van der Waals surface area contributed by atoms with E-state index in [1.807, 2.05) is 35.2 Å². The van der Waals surface area contributed by atoms with Crippen LogP contribution in [0.3, 0.4) is 0 Å². The number of nitrogens with zero attached hydrogens (tertiary/aromatic N) is 2. The number of methoxy groups -OCH3 is 1. The Morgan fingerprint density at radius 3 is 2.76 bits per heavy atom. The van der Waals surface area contributed by atoms with Gasteiger partial charge in [-0.05, 0) is 12.0 Å². The summed E-state index contributed by atoms with van der Waals surface area (Å²) in [7, 11) is -2.19. The largest absolute Gasteiger partial charge is 0.383 e.